The topological polar surface area (TPSA) is 66.5 Å². The summed E-state index contributed by atoms with van der Waals surface area (Å²) in [6, 6.07) is 14.1. The third kappa shape index (κ3) is 4.10. The lowest BCUT2D eigenvalue weighted by Crippen LogP contribution is -2.28. The van der Waals surface area contributed by atoms with Crippen LogP contribution in [0.3, 0.4) is 0 Å². The second-order valence-electron chi connectivity index (χ2n) is 6.75. The van der Waals surface area contributed by atoms with Crippen LogP contribution in [0.15, 0.2) is 58.8 Å². The van der Waals surface area contributed by atoms with Gasteiger partial charge in [0.05, 0.1) is 10.6 Å². The zero-order valence-electron chi connectivity index (χ0n) is 16.2. The molecular weight excluding hydrogens is 392 g/mol. The Morgan fingerprint density at radius 2 is 1.54 bits per heavy atom. The molecule has 0 bridgehead atoms. The lowest BCUT2D eigenvalue weighted by Gasteiger charge is -2.20. The van der Waals surface area contributed by atoms with Gasteiger partial charge in [-0.1, -0.05) is 23.8 Å². The minimum absolute atomic E-state index is 0.187. The summed E-state index contributed by atoms with van der Waals surface area (Å²) in [6.07, 6.45) is 0. The zero-order chi connectivity index (χ0) is 20.5. The van der Waals surface area contributed by atoms with Gasteiger partial charge in [0.25, 0.3) is 15.9 Å². The van der Waals surface area contributed by atoms with E-state index in [4.69, 9.17) is 0 Å². The Morgan fingerprint density at radius 3 is 2.14 bits per heavy atom. The van der Waals surface area contributed by atoms with Gasteiger partial charge in [-0.25, -0.2) is 8.42 Å². The number of sulfonamides is 1. The van der Waals surface area contributed by atoms with Crippen LogP contribution < -0.4 is 9.62 Å². The van der Waals surface area contributed by atoms with Crippen LogP contribution in [-0.2, 0) is 10.0 Å². The third-order valence-corrected chi connectivity index (χ3v) is 7.04. The van der Waals surface area contributed by atoms with Crippen molar-refractivity contribution in [2.45, 2.75) is 25.7 Å². The van der Waals surface area contributed by atoms with Crippen LogP contribution in [0.25, 0.3) is 0 Å². The minimum atomic E-state index is -3.76. The summed E-state index contributed by atoms with van der Waals surface area (Å²) in [5.41, 5.74) is 4.10. The highest BCUT2D eigenvalue weighted by Crippen LogP contribution is 2.30. The molecule has 7 heteroatoms. The van der Waals surface area contributed by atoms with Crippen LogP contribution in [0.1, 0.15) is 26.4 Å². The number of anilines is 2. The Labute approximate surface area is 169 Å². The predicted octanol–water partition coefficient (Wildman–Crippen LogP) is 4.75. The number of nitrogens with zero attached hydrogens (tertiary/aromatic N) is 1. The molecule has 3 aromatic rings. The maximum Gasteiger partial charge on any atom is 0.267 e. The maximum absolute atomic E-state index is 13.0. The molecular formula is C21H22N2O3S2. The Balaban J connectivity index is 1.90. The molecule has 0 unspecified atom stereocenters. The molecule has 1 heterocycles. The number of benzene rings is 2. The van der Waals surface area contributed by atoms with E-state index >= 15 is 0 Å². The Bertz CT molecular complexity index is 1100. The van der Waals surface area contributed by atoms with Crippen LogP contribution in [0, 0.1) is 20.8 Å². The van der Waals surface area contributed by atoms with E-state index in [9.17, 15) is 13.2 Å². The number of hydrogen-bond acceptors (Lipinski definition) is 4. The minimum Gasteiger partial charge on any atom is -0.321 e. The second kappa shape index (κ2) is 7.77. The zero-order valence-corrected chi connectivity index (χ0v) is 17.8. The first kappa shape index (κ1) is 20.1. The molecule has 3 rings (SSSR count). The van der Waals surface area contributed by atoms with E-state index in [1.165, 1.54) is 18.4 Å². The summed E-state index contributed by atoms with van der Waals surface area (Å²) < 4.78 is 27.1. The first-order valence-electron chi connectivity index (χ1n) is 8.71. The maximum atomic E-state index is 13.0. The van der Waals surface area contributed by atoms with Gasteiger partial charge in [-0.3, -0.25) is 9.10 Å². The largest absolute Gasteiger partial charge is 0.321 e. The number of nitrogens with one attached hydrogen (secondary N) is 1. The number of hydrogen-bond donors (Lipinski definition) is 1. The van der Waals surface area contributed by atoms with Crippen molar-refractivity contribution in [2.24, 2.45) is 0 Å². The van der Waals surface area contributed by atoms with Crippen molar-refractivity contribution >= 4 is 38.6 Å². The van der Waals surface area contributed by atoms with Crippen molar-refractivity contribution in [2.75, 3.05) is 16.7 Å². The fraction of sp³-hybridized carbons (Fsp3) is 0.190. The van der Waals surface area contributed by atoms with Crippen molar-refractivity contribution in [1.82, 2.24) is 0 Å². The molecule has 0 aliphatic rings. The fourth-order valence-corrected chi connectivity index (χ4v) is 5.03. The van der Waals surface area contributed by atoms with Gasteiger partial charge in [0.15, 0.2) is 0 Å². The predicted molar refractivity (Wildman–Crippen MR) is 115 cm³/mol. The first-order valence-corrected chi connectivity index (χ1v) is 11.0. The second-order valence-corrected chi connectivity index (χ2v) is 9.64. The van der Waals surface area contributed by atoms with E-state index in [2.05, 4.69) is 5.32 Å². The normalized spacial score (nSPS) is 11.3. The summed E-state index contributed by atoms with van der Waals surface area (Å²) >= 11 is 1.21. The summed E-state index contributed by atoms with van der Waals surface area (Å²) in [5.74, 6) is -0.332. The van der Waals surface area contributed by atoms with Crippen LogP contribution in [0.2, 0.25) is 0 Å². The van der Waals surface area contributed by atoms with Gasteiger partial charge in [-0.2, -0.15) is 0 Å². The third-order valence-electron chi connectivity index (χ3n) is 4.35. The van der Waals surface area contributed by atoms with E-state index in [1.54, 1.807) is 35.7 Å². The molecule has 146 valence electrons. The van der Waals surface area contributed by atoms with Crippen LogP contribution >= 0.6 is 11.3 Å². The van der Waals surface area contributed by atoms with Crippen molar-refractivity contribution in [3.63, 3.8) is 0 Å². The molecule has 2 aromatic carbocycles. The molecule has 1 amide bonds. The Kier molecular flexibility index (Phi) is 5.58. The first-order chi connectivity index (χ1) is 13.2. The van der Waals surface area contributed by atoms with Crippen LogP contribution in [-0.4, -0.2) is 21.4 Å². The highest BCUT2D eigenvalue weighted by molar-refractivity contribution is 7.92. The van der Waals surface area contributed by atoms with Gasteiger partial charge < -0.3 is 5.32 Å². The summed E-state index contributed by atoms with van der Waals surface area (Å²) in [6.45, 7) is 5.82. The quantitative estimate of drug-likeness (QED) is 0.655. The monoisotopic (exact) mass is 414 g/mol. The Morgan fingerprint density at radius 1 is 0.929 bits per heavy atom. The standard InChI is InChI=1S/C21H22N2O3S2/c1-14-5-7-18(8-6-14)28(25,26)23(4)19-9-10-27-20(19)21(24)22-17-12-15(2)11-16(3)13-17/h5-13H,1-4H3,(H,22,24). The number of carbonyl (C=O) groups is 1. The molecule has 0 atom stereocenters. The van der Waals surface area contributed by atoms with E-state index in [0.717, 1.165) is 21.0 Å². The highest BCUT2D eigenvalue weighted by Gasteiger charge is 2.26. The summed E-state index contributed by atoms with van der Waals surface area (Å²) in [5, 5.41) is 4.59. The van der Waals surface area contributed by atoms with E-state index in [-0.39, 0.29) is 10.8 Å². The molecule has 0 aliphatic carbocycles. The van der Waals surface area contributed by atoms with Crippen LogP contribution in [0.4, 0.5) is 11.4 Å². The average Bonchev–Trinajstić information content (AvgIpc) is 3.10. The molecule has 0 fully saturated rings. The molecule has 0 aliphatic heterocycles. The number of amides is 1. The number of thiophene rings is 1. The molecule has 0 saturated heterocycles. The van der Waals surface area contributed by atoms with Crippen molar-refractivity contribution in [3.05, 3.63) is 75.5 Å². The van der Waals surface area contributed by atoms with E-state index in [1.807, 2.05) is 39.0 Å². The van der Waals surface area contributed by atoms with Crippen molar-refractivity contribution in [3.8, 4) is 0 Å². The lowest BCUT2D eigenvalue weighted by molar-refractivity contribution is 0.103. The molecule has 5 nitrogen and oxygen atoms in total. The number of aryl methyl sites for hydroxylation is 3. The van der Waals surface area contributed by atoms with Crippen molar-refractivity contribution < 1.29 is 13.2 Å². The van der Waals surface area contributed by atoms with Crippen LogP contribution in [0.5, 0.6) is 0 Å². The summed E-state index contributed by atoms with van der Waals surface area (Å²) in [7, 11) is -2.30. The molecule has 28 heavy (non-hydrogen) atoms. The number of carbonyl (C=O) groups excluding carboxylic acids is 1. The fourth-order valence-electron chi connectivity index (χ4n) is 2.95. The molecule has 1 N–H and O–H groups in total. The highest BCUT2D eigenvalue weighted by atomic mass is 32.2. The van der Waals surface area contributed by atoms with Gasteiger partial charge in [0, 0.05) is 12.7 Å². The van der Waals surface area contributed by atoms with Gasteiger partial charge in [0.1, 0.15) is 4.88 Å². The van der Waals surface area contributed by atoms with E-state index in [0.29, 0.717) is 16.3 Å². The average molecular weight is 415 g/mol. The molecule has 0 spiro atoms. The lowest BCUT2D eigenvalue weighted by atomic mass is 10.1. The summed E-state index contributed by atoms with van der Waals surface area (Å²) in [4.78, 5) is 13.3. The van der Waals surface area contributed by atoms with E-state index < -0.39 is 10.0 Å². The van der Waals surface area contributed by atoms with Crippen molar-refractivity contribution in [1.29, 1.82) is 0 Å². The molecule has 0 saturated carbocycles. The molecule has 0 radical (unpaired) electrons. The number of rotatable bonds is 5. The Hall–Kier alpha value is -2.64. The van der Waals surface area contributed by atoms with Gasteiger partial charge in [0.2, 0.25) is 0 Å². The molecule has 1 aromatic heterocycles. The van der Waals surface area contributed by atoms with Gasteiger partial charge >= 0.3 is 0 Å². The smallest absolute Gasteiger partial charge is 0.267 e. The van der Waals surface area contributed by atoms with Gasteiger partial charge in [-0.15, -0.1) is 11.3 Å². The SMILES string of the molecule is Cc1ccc(S(=O)(=O)N(C)c2ccsc2C(=O)Nc2cc(C)cc(C)c2)cc1. The van der Waals surface area contributed by atoms with Gasteiger partial charge in [-0.05, 0) is 67.6 Å².